The lowest BCUT2D eigenvalue weighted by Gasteiger charge is -2.05. The van der Waals surface area contributed by atoms with E-state index in [2.05, 4.69) is 5.32 Å². The number of hydrogen-bond donors (Lipinski definition) is 1. The van der Waals surface area contributed by atoms with E-state index in [1.165, 1.54) is 12.1 Å². The summed E-state index contributed by atoms with van der Waals surface area (Å²) in [5, 5.41) is 3.10. The van der Waals surface area contributed by atoms with Crippen molar-refractivity contribution in [3.05, 3.63) is 52.2 Å². The van der Waals surface area contributed by atoms with E-state index in [4.69, 9.17) is 20.8 Å². The largest absolute Gasteiger partial charge is 0.489 e. The Morgan fingerprint density at radius 3 is 2.84 bits per heavy atom. The molecule has 0 saturated heterocycles. The fourth-order valence-corrected chi connectivity index (χ4v) is 1.84. The Labute approximate surface area is 116 Å². The molecule has 0 spiro atoms. The van der Waals surface area contributed by atoms with Crippen molar-refractivity contribution in [1.82, 2.24) is 5.32 Å². The number of rotatable bonds is 5. The van der Waals surface area contributed by atoms with Crippen LogP contribution in [0.15, 0.2) is 28.7 Å². The second-order valence-corrected chi connectivity index (χ2v) is 4.60. The van der Waals surface area contributed by atoms with Crippen LogP contribution in [0.4, 0.5) is 4.39 Å². The van der Waals surface area contributed by atoms with E-state index in [-0.39, 0.29) is 5.02 Å². The molecule has 0 bridgehead atoms. The molecule has 3 nitrogen and oxygen atoms in total. The molecule has 0 atom stereocenters. The van der Waals surface area contributed by atoms with E-state index in [0.717, 1.165) is 17.1 Å². The Morgan fingerprint density at radius 2 is 2.16 bits per heavy atom. The zero-order valence-electron chi connectivity index (χ0n) is 10.8. The Balaban J connectivity index is 2.03. The highest BCUT2D eigenvalue weighted by Crippen LogP contribution is 2.22. The Hall–Kier alpha value is -1.52. The molecule has 0 aliphatic carbocycles. The van der Waals surface area contributed by atoms with Gasteiger partial charge in [-0.25, -0.2) is 4.39 Å². The molecule has 0 aliphatic heterocycles. The number of ether oxygens (including phenoxy) is 1. The van der Waals surface area contributed by atoms with E-state index in [0.29, 0.717) is 18.9 Å². The highest BCUT2D eigenvalue weighted by molar-refractivity contribution is 6.30. The molecule has 5 heteroatoms. The molecule has 1 heterocycles. The monoisotopic (exact) mass is 283 g/mol. The van der Waals surface area contributed by atoms with Crippen LogP contribution in [0, 0.1) is 12.7 Å². The van der Waals surface area contributed by atoms with E-state index in [1.807, 2.05) is 20.0 Å². The van der Waals surface area contributed by atoms with Gasteiger partial charge in [-0.15, -0.1) is 0 Å². The van der Waals surface area contributed by atoms with Gasteiger partial charge in [0, 0.05) is 11.6 Å². The second kappa shape index (κ2) is 6.08. The maximum atomic E-state index is 13.3. The lowest BCUT2D eigenvalue weighted by atomic mass is 10.2. The van der Waals surface area contributed by atoms with Crippen LogP contribution in [0.2, 0.25) is 5.02 Å². The molecule has 0 fully saturated rings. The predicted octanol–water partition coefficient (Wildman–Crippen LogP) is 3.68. The van der Waals surface area contributed by atoms with Gasteiger partial charge in [-0.05, 0) is 32.2 Å². The van der Waals surface area contributed by atoms with Gasteiger partial charge in [0.2, 0.25) is 0 Å². The highest BCUT2D eigenvalue weighted by Gasteiger charge is 2.08. The molecule has 102 valence electrons. The van der Waals surface area contributed by atoms with E-state index >= 15 is 0 Å². The summed E-state index contributed by atoms with van der Waals surface area (Å²) in [5.74, 6) is 1.61. The smallest absolute Gasteiger partial charge is 0.145 e. The quantitative estimate of drug-likeness (QED) is 0.909. The summed E-state index contributed by atoms with van der Waals surface area (Å²) in [6, 6.07) is 6.31. The molecule has 0 radical (unpaired) electrons. The molecule has 0 aliphatic rings. The van der Waals surface area contributed by atoms with Crippen molar-refractivity contribution in [2.24, 2.45) is 0 Å². The van der Waals surface area contributed by atoms with Gasteiger partial charge in [-0.3, -0.25) is 0 Å². The predicted molar refractivity (Wildman–Crippen MR) is 72.0 cm³/mol. The van der Waals surface area contributed by atoms with Crippen LogP contribution >= 0.6 is 11.6 Å². The normalized spacial score (nSPS) is 10.7. The molecule has 19 heavy (non-hydrogen) atoms. The van der Waals surface area contributed by atoms with Gasteiger partial charge in [-0.1, -0.05) is 11.6 Å². The first-order valence-electron chi connectivity index (χ1n) is 5.91. The molecular formula is C14H15ClFNO2. The highest BCUT2D eigenvalue weighted by atomic mass is 35.5. The van der Waals surface area contributed by atoms with Crippen LogP contribution in [0.25, 0.3) is 0 Å². The van der Waals surface area contributed by atoms with Crippen LogP contribution in [0.3, 0.4) is 0 Å². The summed E-state index contributed by atoms with van der Waals surface area (Å²) in [6.45, 7) is 2.87. The lowest BCUT2D eigenvalue weighted by Crippen LogP contribution is -2.03. The first-order valence-corrected chi connectivity index (χ1v) is 6.28. The number of nitrogens with one attached hydrogen (secondary N) is 1. The summed E-state index contributed by atoms with van der Waals surface area (Å²) < 4.78 is 24.3. The van der Waals surface area contributed by atoms with Gasteiger partial charge in [0.15, 0.2) is 0 Å². The van der Waals surface area contributed by atoms with Crippen molar-refractivity contribution >= 4 is 11.6 Å². The second-order valence-electron chi connectivity index (χ2n) is 4.19. The molecular weight excluding hydrogens is 269 g/mol. The van der Waals surface area contributed by atoms with Gasteiger partial charge in [0.05, 0.1) is 11.6 Å². The van der Waals surface area contributed by atoms with Crippen LogP contribution in [0.1, 0.15) is 17.1 Å². The Bertz CT molecular complexity index is 569. The van der Waals surface area contributed by atoms with E-state index < -0.39 is 5.82 Å². The van der Waals surface area contributed by atoms with Crippen LogP contribution in [-0.4, -0.2) is 7.05 Å². The number of halogens is 2. The number of hydrogen-bond acceptors (Lipinski definition) is 3. The van der Waals surface area contributed by atoms with Crippen LogP contribution < -0.4 is 10.1 Å². The van der Waals surface area contributed by atoms with Crippen molar-refractivity contribution < 1.29 is 13.5 Å². The number of furan rings is 1. The number of benzene rings is 1. The molecule has 1 N–H and O–H groups in total. The Morgan fingerprint density at radius 1 is 1.37 bits per heavy atom. The van der Waals surface area contributed by atoms with Crippen molar-refractivity contribution in [2.45, 2.75) is 20.1 Å². The molecule has 1 aromatic heterocycles. The minimum absolute atomic E-state index is 0.0862. The molecule has 0 saturated carbocycles. The third kappa shape index (κ3) is 3.49. The fraction of sp³-hybridized carbons (Fsp3) is 0.286. The van der Waals surface area contributed by atoms with Gasteiger partial charge in [-0.2, -0.15) is 0 Å². The molecule has 2 aromatic rings. The fourth-order valence-electron chi connectivity index (χ4n) is 1.72. The summed E-state index contributed by atoms with van der Waals surface area (Å²) in [7, 11) is 1.85. The molecule has 0 unspecified atom stereocenters. The summed E-state index contributed by atoms with van der Waals surface area (Å²) >= 11 is 5.61. The molecule has 1 aromatic carbocycles. The SMILES string of the molecule is CNCc1cc(COc2ccc(Cl)c(F)c2)c(C)o1. The van der Waals surface area contributed by atoms with Gasteiger partial charge in [0.1, 0.15) is 29.7 Å². The topological polar surface area (TPSA) is 34.4 Å². The molecule has 2 rings (SSSR count). The zero-order chi connectivity index (χ0) is 13.8. The maximum Gasteiger partial charge on any atom is 0.145 e. The van der Waals surface area contributed by atoms with Crippen molar-refractivity contribution in [2.75, 3.05) is 7.05 Å². The first-order chi connectivity index (χ1) is 9.10. The number of aryl methyl sites for hydroxylation is 1. The summed E-state index contributed by atoms with van der Waals surface area (Å²) in [4.78, 5) is 0. The van der Waals surface area contributed by atoms with Crippen molar-refractivity contribution in [3.8, 4) is 5.75 Å². The summed E-state index contributed by atoms with van der Waals surface area (Å²) in [5.41, 5.74) is 0.945. The maximum absolute atomic E-state index is 13.3. The van der Waals surface area contributed by atoms with Gasteiger partial charge >= 0.3 is 0 Å². The van der Waals surface area contributed by atoms with Gasteiger partial charge in [0.25, 0.3) is 0 Å². The third-order valence-corrected chi connectivity index (χ3v) is 3.01. The summed E-state index contributed by atoms with van der Waals surface area (Å²) in [6.07, 6.45) is 0. The van der Waals surface area contributed by atoms with E-state index in [1.54, 1.807) is 6.07 Å². The van der Waals surface area contributed by atoms with Gasteiger partial charge < -0.3 is 14.5 Å². The minimum atomic E-state index is -0.487. The molecule has 0 amide bonds. The standard InChI is InChI=1S/C14H15ClFNO2/c1-9-10(5-12(19-9)7-17-2)8-18-11-3-4-13(15)14(16)6-11/h3-6,17H,7-8H2,1-2H3. The average Bonchev–Trinajstić information content (AvgIpc) is 2.72. The van der Waals surface area contributed by atoms with E-state index in [9.17, 15) is 4.39 Å². The van der Waals surface area contributed by atoms with Crippen molar-refractivity contribution in [3.63, 3.8) is 0 Å². The third-order valence-electron chi connectivity index (χ3n) is 2.71. The average molecular weight is 284 g/mol. The van der Waals surface area contributed by atoms with Crippen LogP contribution in [0.5, 0.6) is 5.75 Å². The lowest BCUT2D eigenvalue weighted by molar-refractivity contribution is 0.301. The Kier molecular flexibility index (Phi) is 4.45. The van der Waals surface area contributed by atoms with Crippen molar-refractivity contribution in [1.29, 1.82) is 0 Å². The zero-order valence-corrected chi connectivity index (χ0v) is 11.6. The minimum Gasteiger partial charge on any atom is -0.489 e. The first kappa shape index (κ1) is 13.9. The van der Waals surface area contributed by atoms with Crippen LogP contribution in [-0.2, 0) is 13.2 Å².